The summed E-state index contributed by atoms with van der Waals surface area (Å²) in [5.41, 5.74) is 0.693. The Balaban J connectivity index is 1.75. The van der Waals surface area contributed by atoms with Crippen LogP contribution < -0.4 is 10.6 Å². The van der Waals surface area contributed by atoms with Gasteiger partial charge in [-0.2, -0.15) is 0 Å². The minimum atomic E-state index is -0.853. The van der Waals surface area contributed by atoms with Crippen LogP contribution in [-0.4, -0.2) is 62.3 Å². The first-order valence-electron chi connectivity index (χ1n) is 7.64. The van der Waals surface area contributed by atoms with Crippen LogP contribution in [0.25, 0.3) is 0 Å². The first kappa shape index (κ1) is 17.9. The number of amides is 2. The second-order valence-electron chi connectivity index (χ2n) is 5.69. The zero-order valence-corrected chi connectivity index (χ0v) is 13.7. The molecule has 1 aliphatic rings. The van der Waals surface area contributed by atoms with E-state index in [1.165, 1.54) is 6.07 Å². The molecule has 1 heterocycles. The van der Waals surface area contributed by atoms with Gasteiger partial charge < -0.3 is 20.4 Å². The lowest BCUT2D eigenvalue weighted by atomic mass is 10.0. The normalized spacial score (nSPS) is 16.5. The summed E-state index contributed by atoms with van der Waals surface area (Å²) in [5.74, 6) is -1.15. The standard InChI is InChI=1S/C16H21FN4O3/c1-21(2)8-7-18-15(22)10-19-16(23)14-9-13(20-24-14)11-5-3-4-6-12(11)17/h3-6,14H,7-10H2,1-2H3,(H,18,22)(H,19,23). The third-order valence-electron chi connectivity index (χ3n) is 3.45. The zero-order chi connectivity index (χ0) is 17.5. The number of oxime groups is 1. The van der Waals surface area contributed by atoms with Crippen LogP contribution in [0.4, 0.5) is 4.39 Å². The van der Waals surface area contributed by atoms with Crippen LogP contribution in [0.3, 0.4) is 0 Å². The molecular formula is C16H21FN4O3. The van der Waals surface area contributed by atoms with Crippen LogP contribution >= 0.6 is 0 Å². The van der Waals surface area contributed by atoms with E-state index in [0.717, 1.165) is 0 Å². The predicted molar refractivity (Wildman–Crippen MR) is 87.0 cm³/mol. The van der Waals surface area contributed by atoms with E-state index < -0.39 is 17.8 Å². The molecule has 0 spiro atoms. The van der Waals surface area contributed by atoms with Crippen molar-refractivity contribution in [2.75, 3.05) is 33.7 Å². The summed E-state index contributed by atoms with van der Waals surface area (Å²) < 4.78 is 13.7. The molecule has 130 valence electrons. The smallest absolute Gasteiger partial charge is 0.264 e. The Labute approximate surface area is 139 Å². The topological polar surface area (TPSA) is 83.0 Å². The maximum absolute atomic E-state index is 13.7. The van der Waals surface area contributed by atoms with Gasteiger partial charge >= 0.3 is 0 Å². The van der Waals surface area contributed by atoms with Gasteiger partial charge in [-0.15, -0.1) is 0 Å². The van der Waals surface area contributed by atoms with E-state index in [-0.39, 0.29) is 18.9 Å². The Hall–Kier alpha value is -2.48. The summed E-state index contributed by atoms with van der Waals surface area (Å²) in [4.78, 5) is 30.6. The largest absolute Gasteiger partial charge is 0.382 e. The van der Waals surface area contributed by atoms with Gasteiger partial charge in [0.25, 0.3) is 5.91 Å². The average molecular weight is 336 g/mol. The summed E-state index contributed by atoms with van der Waals surface area (Å²) in [6.07, 6.45) is -0.691. The molecule has 1 aromatic carbocycles. The van der Waals surface area contributed by atoms with Crippen LogP contribution in [-0.2, 0) is 14.4 Å². The Morgan fingerprint density at radius 3 is 2.79 bits per heavy atom. The van der Waals surface area contributed by atoms with Gasteiger partial charge in [-0.05, 0) is 20.2 Å². The molecule has 7 nitrogen and oxygen atoms in total. The Morgan fingerprint density at radius 1 is 1.33 bits per heavy atom. The monoisotopic (exact) mass is 336 g/mol. The number of nitrogens with one attached hydrogen (secondary N) is 2. The first-order chi connectivity index (χ1) is 11.5. The Kier molecular flexibility index (Phi) is 6.25. The molecule has 24 heavy (non-hydrogen) atoms. The van der Waals surface area contributed by atoms with E-state index in [0.29, 0.717) is 24.4 Å². The van der Waals surface area contributed by atoms with Crippen LogP contribution in [0, 0.1) is 5.82 Å². The lowest BCUT2D eigenvalue weighted by molar-refractivity contribution is -0.133. The number of carbonyl (C=O) groups excluding carboxylic acids is 2. The summed E-state index contributed by atoms with van der Waals surface area (Å²) in [7, 11) is 3.80. The molecule has 0 bridgehead atoms. The molecule has 2 amide bonds. The van der Waals surface area contributed by atoms with Crippen molar-refractivity contribution in [2.24, 2.45) is 5.16 Å². The van der Waals surface area contributed by atoms with Crippen molar-refractivity contribution < 1.29 is 18.8 Å². The van der Waals surface area contributed by atoms with Gasteiger partial charge in [0.05, 0.1) is 12.3 Å². The SMILES string of the molecule is CN(C)CCNC(=O)CNC(=O)C1CC(c2ccccc2F)=NO1. The number of rotatable bonds is 7. The molecule has 1 aromatic rings. The lowest BCUT2D eigenvalue weighted by Gasteiger charge is -2.12. The van der Waals surface area contributed by atoms with Crippen molar-refractivity contribution in [1.82, 2.24) is 15.5 Å². The van der Waals surface area contributed by atoms with Crippen molar-refractivity contribution in [3.63, 3.8) is 0 Å². The van der Waals surface area contributed by atoms with Gasteiger partial charge in [0, 0.05) is 25.1 Å². The molecule has 0 aliphatic carbocycles. The third kappa shape index (κ3) is 5.02. The molecule has 0 saturated carbocycles. The van der Waals surface area contributed by atoms with Gasteiger partial charge in [0.2, 0.25) is 12.0 Å². The maximum Gasteiger partial charge on any atom is 0.264 e. The van der Waals surface area contributed by atoms with Crippen molar-refractivity contribution in [3.8, 4) is 0 Å². The van der Waals surface area contributed by atoms with Crippen LogP contribution in [0.5, 0.6) is 0 Å². The van der Waals surface area contributed by atoms with Crippen molar-refractivity contribution in [2.45, 2.75) is 12.5 Å². The minimum Gasteiger partial charge on any atom is -0.382 e. The van der Waals surface area contributed by atoms with Crippen molar-refractivity contribution in [3.05, 3.63) is 35.6 Å². The number of benzene rings is 1. The van der Waals surface area contributed by atoms with Crippen LogP contribution in [0.1, 0.15) is 12.0 Å². The minimum absolute atomic E-state index is 0.138. The van der Waals surface area contributed by atoms with Gasteiger partial charge in [-0.1, -0.05) is 23.4 Å². The van der Waals surface area contributed by atoms with Gasteiger partial charge in [-0.25, -0.2) is 4.39 Å². The first-order valence-corrected chi connectivity index (χ1v) is 7.64. The summed E-state index contributed by atoms with van der Waals surface area (Å²) in [5, 5.41) is 8.96. The highest BCUT2D eigenvalue weighted by Gasteiger charge is 2.30. The Morgan fingerprint density at radius 2 is 2.08 bits per heavy atom. The number of nitrogens with zero attached hydrogens (tertiary/aromatic N) is 2. The number of carbonyl (C=O) groups is 2. The zero-order valence-electron chi connectivity index (χ0n) is 13.7. The van der Waals surface area contributed by atoms with E-state index in [1.54, 1.807) is 18.2 Å². The van der Waals surface area contributed by atoms with Crippen molar-refractivity contribution in [1.29, 1.82) is 0 Å². The second-order valence-corrected chi connectivity index (χ2v) is 5.69. The molecule has 1 atom stereocenters. The quantitative estimate of drug-likeness (QED) is 0.740. The molecular weight excluding hydrogens is 315 g/mol. The number of likely N-dealkylation sites (N-methyl/N-ethyl adjacent to an activating group) is 1. The fourth-order valence-corrected chi connectivity index (χ4v) is 2.13. The molecule has 0 radical (unpaired) electrons. The molecule has 2 N–H and O–H groups in total. The third-order valence-corrected chi connectivity index (χ3v) is 3.45. The highest BCUT2D eigenvalue weighted by Crippen LogP contribution is 2.18. The van der Waals surface area contributed by atoms with E-state index in [4.69, 9.17) is 4.84 Å². The van der Waals surface area contributed by atoms with E-state index in [1.807, 2.05) is 19.0 Å². The molecule has 0 fully saturated rings. The fourth-order valence-electron chi connectivity index (χ4n) is 2.13. The second kappa shape index (κ2) is 8.39. The summed E-state index contributed by atoms with van der Waals surface area (Å²) in [6, 6.07) is 6.17. The molecule has 0 aromatic heterocycles. The van der Waals surface area contributed by atoms with E-state index in [9.17, 15) is 14.0 Å². The van der Waals surface area contributed by atoms with Crippen LogP contribution in [0.15, 0.2) is 29.4 Å². The van der Waals surface area contributed by atoms with Crippen LogP contribution in [0.2, 0.25) is 0 Å². The average Bonchev–Trinajstić information content (AvgIpc) is 3.02. The maximum atomic E-state index is 13.7. The predicted octanol–water partition coefficient (Wildman–Crippen LogP) is 0.113. The number of halogens is 1. The van der Waals surface area contributed by atoms with Crippen molar-refractivity contribution >= 4 is 17.5 Å². The molecule has 1 unspecified atom stereocenters. The fraction of sp³-hybridized carbons (Fsp3) is 0.438. The highest BCUT2D eigenvalue weighted by molar-refractivity contribution is 6.04. The van der Waals surface area contributed by atoms with E-state index >= 15 is 0 Å². The summed E-state index contributed by atoms with van der Waals surface area (Å²) >= 11 is 0. The molecule has 0 saturated heterocycles. The summed E-state index contributed by atoms with van der Waals surface area (Å²) in [6.45, 7) is 1.08. The lowest BCUT2D eigenvalue weighted by Crippen LogP contribution is -2.42. The van der Waals surface area contributed by atoms with Gasteiger partial charge in [0.1, 0.15) is 5.82 Å². The molecule has 1 aliphatic heterocycles. The highest BCUT2D eigenvalue weighted by atomic mass is 19.1. The van der Waals surface area contributed by atoms with E-state index in [2.05, 4.69) is 15.8 Å². The van der Waals surface area contributed by atoms with Gasteiger partial charge in [0.15, 0.2) is 0 Å². The Bertz CT molecular complexity index is 634. The molecule has 8 heteroatoms. The number of hydrogen-bond acceptors (Lipinski definition) is 5. The number of hydrogen-bond donors (Lipinski definition) is 2. The molecule has 2 rings (SSSR count). The van der Waals surface area contributed by atoms with Gasteiger partial charge in [-0.3, -0.25) is 9.59 Å².